The number of aromatic nitrogens is 2. The molecule has 134 valence electrons. The first-order valence-electron chi connectivity index (χ1n) is 8.51. The quantitative estimate of drug-likeness (QED) is 0.805. The minimum Gasteiger partial charge on any atom is -0.478 e. The summed E-state index contributed by atoms with van der Waals surface area (Å²) in [6, 6.07) is 7.59. The van der Waals surface area contributed by atoms with E-state index in [0.29, 0.717) is 5.92 Å². The van der Waals surface area contributed by atoms with Crippen LogP contribution in [0, 0.1) is 0 Å². The van der Waals surface area contributed by atoms with E-state index in [0.717, 1.165) is 12.0 Å². The van der Waals surface area contributed by atoms with Crippen molar-refractivity contribution in [2.75, 3.05) is 0 Å². The molecule has 0 aliphatic carbocycles. The van der Waals surface area contributed by atoms with E-state index in [1.807, 2.05) is 19.1 Å². The van der Waals surface area contributed by atoms with Crippen molar-refractivity contribution >= 4 is 11.9 Å². The second kappa shape index (κ2) is 7.96. The number of aromatic carboxylic acids is 1. The average molecular weight is 343 g/mol. The van der Waals surface area contributed by atoms with E-state index in [2.05, 4.69) is 36.4 Å². The van der Waals surface area contributed by atoms with Crippen LogP contribution in [-0.4, -0.2) is 26.8 Å². The van der Waals surface area contributed by atoms with E-state index < -0.39 is 12.0 Å². The standard InChI is InChI=1S/C19H25N3O3/c1-5-17(15-8-6-14(7-9-15)12(2)3)21-18(23)13(4)22-11-16(10-20-22)19(24)25/h6-13,17H,5H2,1-4H3,(H,21,23)(H,24,25). The SMILES string of the molecule is CCC(NC(=O)C(C)n1cc(C(=O)O)cn1)c1ccc(C(C)C)cc1. The van der Waals surface area contributed by atoms with Crippen molar-refractivity contribution in [3.8, 4) is 0 Å². The maximum atomic E-state index is 12.5. The van der Waals surface area contributed by atoms with Crippen LogP contribution in [0.1, 0.15) is 73.6 Å². The number of carboxylic acid groups (broad SMARTS) is 1. The Bertz CT molecular complexity index is 735. The summed E-state index contributed by atoms with van der Waals surface area (Å²) in [5, 5.41) is 15.9. The van der Waals surface area contributed by atoms with Crippen molar-refractivity contribution < 1.29 is 14.7 Å². The molecule has 1 amide bonds. The van der Waals surface area contributed by atoms with Crippen LogP contribution in [0.5, 0.6) is 0 Å². The van der Waals surface area contributed by atoms with Gasteiger partial charge in [0.15, 0.2) is 0 Å². The Morgan fingerprint density at radius 1 is 1.16 bits per heavy atom. The fourth-order valence-corrected chi connectivity index (χ4v) is 2.61. The van der Waals surface area contributed by atoms with Gasteiger partial charge in [0.2, 0.25) is 5.91 Å². The molecule has 2 atom stereocenters. The number of nitrogens with one attached hydrogen (secondary N) is 1. The van der Waals surface area contributed by atoms with Gasteiger partial charge in [-0.3, -0.25) is 9.48 Å². The maximum absolute atomic E-state index is 12.5. The van der Waals surface area contributed by atoms with Crippen LogP contribution < -0.4 is 5.32 Å². The van der Waals surface area contributed by atoms with E-state index in [9.17, 15) is 9.59 Å². The van der Waals surface area contributed by atoms with Crippen molar-refractivity contribution in [2.24, 2.45) is 0 Å². The Labute approximate surface area is 147 Å². The van der Waals surface area contributed by atoms with Gasteiger partial charge in [-0.1, -0.05) is 45.0 Å². The Kier molecular flexibility index (Phi) is 5.96. The minimum atomic E-state index is -1.06. The van der Waals surface area contributed by atoms with Crippen LogP contribution in [0.4, 0.5) is 0 Å². The first kappa shape index (κ1) is 18.7. The molecule has 2 aromatic rings. The second-order valence-electron chi connectivity index (χ2n) is 6.48. The van der Waals surface area contributed by atoms with Crippen LogP contribution in [0.2, 0.25) is 0 Å². The van der Waals surface area contributed by atoms with E-state index in [4.69, 9.17) is 5.11 Å². The van der Waals surface area contributed by atoms with Crippen molar-refractivity contribution in [3.05, 3.63) is 53.3 Å². The molecular formula is C19H25N3O3. The molecule has 0 fully saturated rings. The topological polar surface area (TPSA) is 84.2 Å². The summed E-state index contributed by atoms with van der Waals surface area (Å²) in [5.41, 5.74) is 2.38. The summed E-state index contributed by atoms with van der Waals surface area (Å²) < 4.78 is 1.37. The molecule has 0 saturated carbocycles. The van der Waals surface area contributed by atoms with E-state index in [1.54, 1.807) is 6.92 Å². The molecule has 1 aromatic heterocycles. The molecule has 0 saturated heterocycles. The van der Waals surface area contributed by atoms with Crippen molar-refractivity contribution in [1.82, 2.24) is 15.1 Å². The molecule has 0 aliphatic rings. The Morgan fingerprint density at radius 3 is 2.24 bits per heavy atom. The van der Waals surface area contributed by atoms with Gasteiger partial charge >= 0.3 is 5.97 Å². The number of nitrogens with zero attached hydrogens (tertiary/aromatic N) is 2. The van der Waals surface area contributed by atoms with Crippen LogP contribution in [0.15, 0.2) is 36.7 Å². The minimum absolute atomic E-state index is 0.0657. The Hall–Kier alpha value is -2.63. The Balaban J connectivity index is 2.08. The van der Waals surface area contributed by atoms with Gasteiger partial charge < -0.3 is 10.4 Å². The molecule has 0 bridgehead atoms. The normalized spacial score (nSPS) is 13.5. The molecular weight excluding hydrogens is 318 g/mol. The lowest BCUT2D eigenvalue weighted by molar-refractivity contribution is -0.124. The van der Waals surface area contributed by atoms with Gasteiger partial charge in [0.1, 0.15) is 6.04 Å². The number of carbonyl (C=O) groups excluding carboxylic acids is 1. The third kappa shape index (κ3) is 4.47. The fourth-order valence-electron chi connectivity index (χ4n) is 2.61. The third-order valence-corrected chi connectivity index (χ3v) is 4.35. The highest BCUT2D eigenvalue weighted by molar-refractivity contribution is 5.87. The zero-order chi connectivity index (χ0) is 18.6. The molecule has 0 radical (unpaired) electrons. The number of carboxylic acids is 1. The summed E-state index contributed by atoms with van der Waals surface area (Å²) in [5.74, 6) is -0.789. The van der Waals surface area contributed by atoms with Crippen LogP contribution >= 0.6 is 0 Å². The number of amides is 1. The molecule has 6 heteroatoms. The zero-order valence-corrected chi connectivity index (χ0v) is 15.1. The summed E-state index contributed by atoms with van der Waals surface area (Å²) in [7, 11) is 0. The smallest absolute Gasteiger partial charge is 0.338 e. The summed E-state index contributed by atoms with van der Waals surface area (Å²) >= 11 is 0. The van der Waals surface area contributed by atoms with Crippen molar-refractivity contribution in [2.45, 2.75) is 52.1 Å². The average Bonchev–Trinajstić information content (AvgIpc) is 3.09. The van der Waals surface area contributed by atoms with Crippen molar-refractivity contribution in [1.29, 1.82) is 0 Å². The number of hydrogen-bond acceptors (Lipinski definition) is 3. The van der Waals surface area contributed by atoms with Gasteiger partial charge in [-0.2, -0.15) is 5.10 Å². The molecule has 2 rings (SSSR count). The number of rotatable bonds is 7. The molecule has 6 nitrogen and oxygen atoms in total. The van der Waals surface area contributed by atoms with Crippen molar-refractivity contribution in [3.63, 3.8) is 0 Å². The number of carbonyl (C=O) groups is 2. The molecule has 0 spiro atoms. The summed E-state index contributed by atoms with van der Waals surface area (Å²) in [6.45, 7) is 8.00. The molecule has 1 aromatic carbocycles. The lowest BCUT2D eigenvalue weighted by atomic mass is 9.98. The molecule has 25 heavy (non-hydrogen) atoms. The summed E-state index contributed by atoms with van der Waals surface area (Å²) in [4.78, 5) is 23.5. The monoisotopic (exact) mass is 343 g/mol. The third-order valence-electron chi connectivity index (χ3n) is 4.35. The van der Waals surface area contributed by atoms with Gasteiger partial charge in [0.25, 0.3) is 0 Å². The van der Waals surface area contributed by atoms with E-state index in [-0.39, 0.29) is 17.5 Å². The zero-order valence-electron chi connectivity index (χ0n) is 15.1. The molecule has 0 aliphatic heterocycles. The fraction of sp³-hybridized carbons (Fsp3) is 0.421. The van der Waals surface area contributed by atoms with E-state index in [1.165, 1.54) is 22.6 Å². The molecule has 2 unspecified atom stereocenters. The van der Waals surface area contributed by atoms with E-state index >= 15 is 0 Å². The largest absolute Gasteiger partial charge is 0.478 e. The van der Waals surface area contributed by atoms with Gasteiger partial charge in [-0.05, 0) is 30.4 Å². The predicted molar refractivity (Wildman–Crippen MR) is 95.6 cm³/mol. The highest BCUT2D eigenvalue weighted by Crippen LogP contribution is 2.21. The van der Waals surface area contributed by atoms with Gasteiger partial charge in [-0.25, -0.2) is 4.79 Å². The molecule has 2 N–H and O–H groups in total. The van der Waals surface area contributed by atoms with Crippen LogP contribution in [0.25, 0.3) is 0 Å². The highest BCUT2D eigenvalue weighted by Gasteiger charge is 2.21. The predicted octanol–water partition coefficient (Wildman–Crippen LogP) is 3.53. The lowest BCUT2D eigenvalue weighted by Crippen LogP contribution is -2.34. The summed E-state index contributed by atoms with van der Waals surface area (Å²) in [6.07, 6.45) is 3.37. The number of hydrogen-bond donors (Lipinski definition) is 2. The highest BCUT2D eigenvalue weighted by atomic mass is 16.4. The lowest BCUT2D eigenvalue weighted by Gasteiger charge is -2.21. The first-order valence-corrected chi connectivity index (χ1v) is 8.51. The van der Waals surface area contributed by atoms with Crippen LogP contribution in [0.3, 0.4) is 0 Å². The first-order chi connectivity index (χ1) is 11.8. The van der Waals surface area contributed by atoms with Crippen LogP contribution in [-0.2, 0) is 4.79 Å². The Morgan fingerprint density at radius 2 is 1.76 bits per heavy atom. The van der Waals surface area contributed by atoms with Gasteiger partial charge in [-0.15, -0.1) is 0 Å². The van der Waals surface area contributed by atoms with Gasteiger partial charge in [0.05, 0.1) is 17.8 Å². The number of benzene rings is 1. The maximum Gasteiger partial charge on any atom is 0.338 e. The second-order valence-corrected chi connectivity index (χ2v) is 6.48. The molecule has 1 heterocycles. The van der Waals surface area contributed by atoms with Gasteiger partial charge in [0, 0.05) is 6.20 Å².